The van der Waals surface area contributed by atoms with E-state index in [0.29, 0.717) is 16.6 Å². The van der Waals surface area contributed by atoms with Gasteiger partial charge in [-0.05, 0) is 36.8 Å². The Balaban J connectivity index is 1.58. The van der Waals surface area contributed by atoms with Crippen LogP contribution in [-0.4, -0.2) is 32.0 Å². The van der Waals surface area contributed by atoms with Gasteiger partial charge in [0, 0.05) is 16.5 Å². The number of methoxy groups -OCH3 is 2. The van der Waals surface area contributed by atoms with Crippen LogP contribution in [0.2, 0.25) is 0 Å². The summed E-state index contributed by atoms with van der Waals surface area (Å²) in [7, 11) is 3.25. The number of hydrogen-bond donors (Lipinski definition) is 1. The Hall–Kier alpha value is -3.06. The van der Waals surface area contributed by atoms with Gasteiger partial charge in [-0.15, -0.1) is 11.3 Å². The van der Waals surface area contributed by atoms with Crippen molar-refractivity contribution in [2.24, 2.45) is 5.10 Å². The smallest absolute Gasteiger partial charge is 0.203 e. The number of nitrogens with one attached hydrogen (secondary N) is 1. The van der Waals surface area contributed by atoms with Crippen molar-refractivity contribution in [2.75, 3.05) is 26.3 Å². The number of benzene rings is 2. The molecule has 0 spiro atoms. The molecule has 7 heteroatoms. The second-order valence-electron chi connectivity index (χ2n) is 7.28. The van der Waals surface area contributed by atoms with Crippen LogP contribution in [0.3, 0.4) is 0 Å². The van der Waals surface area contributed by atoms with Gasteiger partial charge in [0.15, 0.2) is 11.5 Å². The SMILES string of the molecule is CCCCCCCOc1ccccc1/C=N\Nc1nc(-c2ccc(OC)c(OC)c2)cs1. The first-order valence-corrected chi connectivity index (χ1v) is 11.8. The molecule has 2 aromatic carbocycles. The highest BCUT2D eigenvalue weighted by molar-refractivity contribution is 7.14. The Bertz CT molecular complexity index is 1000. The zero-order chi connectivity index (χ0) is 22.6. The molecule has 3 rings (SSSR count). The number of hydrazone groups is 1. The molecule has 32 heavy (non-hydrogen) atoms. The Morgan fingerprint density at radius 2 is 1.78 bits per heavy atom. The number of rotatable bonds is 13. The van der Waals surface area contributed by atoms with Gasteiger partial charge in [-0.1, -0.05) is 44.7 Å². The van der Waals surface area contributed by atoms with Crippen molar-refractivity contribution in [1.29, 1.82) is 0 Å². The highest BCUT2D eigenvalue weighted by Crippen LogP contribution is 2.33. The quantitative estimate of drug-likeness (QED) is 0.179. The average molecular weight is 454 g/mol. The number of para-hydroxylation sites is 1. The van der Waals surface area contributed by atoms with Crippen LogP contribution in [-0.2, 0) is 0 Å². The van der Waals surface area contributed by atoms with Crippen molar-refractivity contribution in [3.05, 3.63) is 53.4 Å². The average Bonchev–Trinajstić information content (AvgIpc) is 3.30. The maximum atomic E-state index is 5.97. The maximum Gasteiger partial charge on any atom is 0.203 e. The molecule has 3 aromatic rings. The fraction of sp³-hybridized carbons (Fsp3) is 0.360. The summed E-state index contributed by atoms with van der Waals surface area (Å²) in [5, 5.41) is 7.05. The molecule has 0 aliphatic carbocycles. The highest BCUT2D eigenvalue weighted by atomic mass is 32.1. The summed E-state index contributed by atoms with van der Waals surface area (Å²) in [6.07, 6.45) is 7.86. The van der Waals surface area contributed by atoms with Gasteiger partial charge in [-0.3, -0.25) is 5.43 Å². The Morgan fingerprint density at radius 3 is 2.59 bits per heavy atom. The van der Waals surface area contributed by atoms with E-state index in [0.717, 1.165) is 35.6 Å². The summed E-state index contributed by atoms with van der Waals surface area (Å²) in [6, 6.07) is 13.7. The lowest BCUT2D eigenvalue weighted by atomic mass is 10.1. The molecule has 0 radical (unpaired) electrons. The van der Waals surface area contributed by atoms with Gasteiger partial charge in [0.2, 0.25) is 5.13 Å². The molecule has 0 saturated heterocycles. The van der Waals surface area contributed by atoms with Crippen LogP contribution in [0.15, 0.2) is 52.9 Å². The van der Waals surface area contributed by atoms with E-state index in [1.54, 1.807) is 20.4 Å². The topological polar surface area (TPSA) is 65.0 Å². The summed E-state index contributed by atoms with van der Waals surface area (Å²) >= 11 is 1.49. The predicted octanol–water partition coefficient (Wildman–Crippen LogP) is 6.62. The Labute approximate surface area is 194 Å². The van der Waals surface area contributed by atoms with E-state index in [4.69, 9.17) is 14.2 Å². The molecule has 6 nitrogen and oxygen atoms in total. The molecule has 1 heterocycles. The second-order valence-corrected chi connectivity index (χ2v) is 8.14. The monoisotopic (exact) mass is 453 g/mol. The van der Waals surface area contributed by atoms with Crippen molar-refractivity contribution in [3.63, 3.8) is 0 Å². The Kier molecular flexibility index (Phi) is 9.37. The third-order valence-corrected chi connectivity index (χ3v) is 5.72. The first-order valence-electron chi connectivity index (χ1n) is 10.9. The van der Waals surface area contributed by atoms with Crippen molar-refractivity contribution < 1.29 is 14.2 Å². The zero-order valence-corrected chi connectivity index (χ0v) is 19.8. The highest BCUT2D eigenvalue weighted by Gasteiger charge is 2.09. The second kappa shape index (κ2) is 12.7. The molecule has 1 aromatic heterocycles. The van der Waals surface area contributed by atoms with Crippen molar-refractivity contribution in [3.8, 4) is 28.5 Å². The number of hydrogen-bond acceptors (Lipinski definition) is 7. The summed E-state index contributed by atoms with van der Waals surface area (Å²) in [4.78, 5) is 4.62. The van der Waals surface area contributed by atoms with Crippen LogP contribution >= 0.6 is 11.3 Å². The number of thiazole rings is 1. The first-order chi connectivity index (χ1) is 15.7. The third-order valence-electron chi connectivity index (χ3n) is 4.97. The first kappa shape index (κ1) is 23.6. The molecule has 0 fully saturated rings. The van der Waals surface area contributed by atoms with Gasteiger partial charge < -0.3 is 14.2 Å². The maximum absolute atomic E-state index is 5.97. The Morgan fingerprint density at radius 1 is 0.969 bits per heavy atom. The molecular formula is C25H31N3O3S. The molecule has 0 aliphatic heterocycles. The normalized spacial score (nSPS) is 11.0. The molecule has 1 N–H and O–H groups in total. The van der Waals surface area contributed by atoms with Crippen LogP contribution in [0.25, 0.3) is 11.3 Å². The van der Waals surface area contributed by atoms with E-state index in [9.17, 15) is 0 Å². The van der Waals surface area contributed by atoms with Crippen molar-refractivity contribution >= 4 is 22.7 Å². The minimum Gasteiger partial charge on any atom is -0.493 e. The van der Waals surface area contributed by atoms with E-state index in [2.05, 4.69) is 22.4 Å². The van der Waals surface area contributed by atoms with Crippen molar-refractivity contribution in [2.45, 2.75) is 39.0 Å². The fourth-order valence-corrected chi connectivity index (χ4v) is 3.89. The molecule has 0 aliphatic rings. The van der Waals surface area contributed by atoms with E-state index >= 15 is 0 Å². The van der Waals surface area contributed by atoms with Crippen molar-refractivity contribution in [1.82, 2.24) is 4.98 Å². The van der Waals surface area contributed by atoms with Gasteiger partial charge >= 0.3 is 0 Å². The van der Waals surface area contributed by atoms with Gasteiger partial charge in [-0.2, -0.15) is 5.10 Å². The van der Waals surface area contributed by atoms with E-state index in [-0.39, 0.29) is 0 Å². The third kappa shape index (κ3) is 6.72. The fourth-order valence-electron chi connectivity index (χ4n) is 3.22. The van der Waals surface area contributed by atoms with Crippen LogP contribution in [0.1, 0.15) is 44.6 Å². The minimum atomic E-state index is 0.674. The number of nitrogens with zero attached hydrogens (tertiary/aromatic N) is 2. The molecule has 0 bridgehead atoms. The summed E-state index contributed by atoms with van der Waals surface area (Å²) in [5.41, 5.74) is 5.75. The molecule has 170 valence electrons. The van der Waals surface area contributed by atoms with Crippen LogP contribution in [0.5, 0.6) is 17.2 Å². The van der Waals surface area contributed by atoms with E-state index in [1.165, 1.54) is 37.0 Å². The lowest BCUT2D eigenvalue weighted by Gasteiger charge is -2.08. The standard InChI is InChI=1S/C25H31N3O3S/c1-4-5-6-7-10-15-31-22-12-9-8-11-20(22)17-26-28-25-27-21(18-32-25)19-13-14-23(29-2)24(16-19)30-3/h8-9,11-14,16-18H,4-7,10,15H2,1-3H3,(H,27,28)/b26-17-. The minimum absolute atomic E-state index is 0.674. The molecular weight excluding hydrogens is 422 g/mol. The largest absolute Gasteiger partial charge is 0.493 e. The number of unbranched alkanes of at least 4 members (excludes halogenated alkanes) is 4. The van der Waals surface area contributed by atoms with Crippen LogP contribution in [0.4, 0.5) is 5.13 Å². The molecule has 0 atom stereocenters. The van der Waals surface area contributed by atoms with Gasteiger partial charge in [0.1, 0.15) is 5.75 Å². The summed E-state index contributed by atoms with van der Waals surface area (Å²) in [6.45, 7) is 2.95. The van der Waals surface area contributed by atoms with Gasteiger partial charge in [-0.25, -0.2) is 4.98 Å². The lowest BCUT2D eigenvalue weighted by molar-refractivity contribution is 0.304. The molecule has 0 amide bonds. The van der Waals surface area contributed by atoms with E-state index < -0.39 is 0 Å². The zero-order valence-electron chi connectivity index (χ0n) is 19.0. The molecule has 0 unspecified atom stereocenters. The van der Waals surface area contributed by atoms with Gasteiger partial charge in [0.05, 0.1) is 32.7 Å². The van der Waals surface area contributed by atoms with E-state index in [1.807, 2.05) is 47.8 Å². The van der Waals surface area contributed by atoms with Gasteiger partial charge in [0.25, 0.3) is 0 Å². The summed E-state index contributed by atoms with van der Waals surface area (Å²) in [5.74, 6) is 2.21. The van der Waals surface area contributed by atoms with Crippen LogP contribution < -0.4 is 19.6 Å². The number of anilines is 1. The lowest BCUT2D eigenvalue weighted by Crippen LogP contribution is -2.00. The van der Waals surface area contributed by atoms with Crippen LogP contribution in [0, 0.1) is 0 Å². The summed E-state index contributed by atoms with van der Waals surface area (Å²) < 4.78 is 16.6. The molecule has 0 saturated carbocycles. The number of aromatic nitrogens is 1. The predicted molar refractivity (Wildman–Crippen MR) is 133 cm³/mol. The number of ether oxygens (including phenoxy) is 3.